The predicted molar refractivity (Wildman–Crippen MR) is 76.1 cm³/mol. The third-order valence-electron chi connectivity index (χ3n) is 3.61. The lowest BCUT2D eigenvalue weighted by atomic mass is 9.79. The molecule has 0 saturated heterocycles. The first kappa shape index (κ1) is 13.5. The molecule has 1 heterocycles. The highest BCUT2D eigenvalue weighted by Gasteiger charge is 2.32. The van der Waals surface area contributed by atoms with E-state index in [1.165, 1.54) is 0 Å². The summed E-state index contributed by atoms with van der Waals surface area (Å²) in [4.78, 5) is 15.9. The minimum Gasteiger partial charge on any atom is -0.481 e. The van der Waals surface area contributed by atoms with Crippen LogP contribution in [0.2, 0.25) is 0 Å². The maximum Gasteiger partial charge on any atom is 0.309 e. The van der Waals surface area contributed by atoms with Crippen molar-refractivity contribution in [3.05, 3.63) is 42.1 Å². The highest BCUT2D eigenvalue weighted by atomic mass is 16.4. The van der Waals surface area contributed by atoms with E-state index in [0.717, 1.165) is 22.9 Å². The van der Waals surface area contributed by atoms with Crippen LogP contribution >= 0.6 is 0 Å². The molecule has 1 unspecified atom stereocenters. The van der Waals surface area contributed by atoms with Gasteiger partial charge < -0.3 is 5.11 Å². The highest BCUT2D eigenvalue weighted by Crippen LogP contribution is 2.31. The van der Waals surface area contributed by atoms with Crippen molar-refractivity contribution in [2.45, 2.75) is 33.1 Å². The minimum atomic E-state index is -0.734. The highest BCUT2D eigenvalue weighted by molar-refractivity contribution is 5.83. The van der Waals surface area contributed by atoms with E-state index >= 15 is 0 Å². The van der Waals surface area contributed by atoms with Gasteiger partial charge in [-0.2, -0.15) is 0 Å². The summed E-state index contributed by atoms with van der Waals surface area (Å²) in [5.74, 6) is -0.734. The Morgan fingerprint density at radius 2 is 2.05 bits per heavy atom. The quantitative estimate of drug-likeness (QED) is 0.889. The second kappa shape index (κ2) is 5.39. The SMILES string of the molecule is CCCC(C)(Cc1cccc2cccnc12)C(=O)O. The van der Waals surface area contributed by atoms with Gasteiger partial charge in [-0.3, -0.25) is 9.78 Å². The van der Waals surface area contributed by atoms with E-state index in [1.54, 1.807) is 6.20 Å². The molecule has 1 N–H and O–H groups in total. The number of aromatic nitrogens is 1. The van der Waals surface area contributed by atoms with Crippen LogP contribution in [0, 0.1) is 5.41 Å². The van der Waals surface area contributed by atoms with Crippen LogP contribution in [0.1, 0.15) is 32.3 Å². The molecule has 1 aromatic heterocycles. The number of aliphatic carboxylic acids is 1. The lowest BCUT2D eigenvalue weighted by molar-refractivity contribution is -0.148. The van der Waals surface area contributed by atoms with E-state index in [0.29, 0.717) is 12.8 Å². The first-order valence-electron chi connectivity index (χ1n) is 6.63. The van der Waals surface area contributed by atoms with Crippen LogP contribution in [0.3, 0.4) is 0 Å². The largest absolute Gasteiger partial charge is 0.481 e. The van der Waals surface area contributed by atoms with Crippen molar-refractivity contribution in [3.63, 3.8) is 0 Å². The van der Waals surface area contributed by atoms with Gasteiger partial charge in [0.15, 0.2) is 0 Å². The second-order valence-corrected chi connectivity index (χ2v) is 5.28. The van der Waals surface area contributed by atoms with Crippen LogP contribution in [0.25, 0.3) is 10.9 Å². The summed E-state index contributed by atoms with van der Waals surface area (Å²) >= 11 is 0. The Balaban J connectivity index is 2.42. The third kappa shape index (κ3) is 2.75. The molecule has 0 saturated carbocycles. The van der Waals surface area contributed by atoms with Crippen molar-refractivity contribution in [1.82, 2.24) is 4.98 Å². The average molecular weight is 257 g/mol. The normalized spacial score (nSPS) is 14.2. The van der Waals surface area contributed by atoms with E-state index in [2.05, 4.69) is 4.98 Å². The molecule has 0 fully saturated rings. The van der Waals surface area contributed by atoms with Gasteiger partial charge in [-0.1, -0.05) is 37.6 Å². The molecule has 3 nitrogen and oxygen atoms in total. The lowest BCUT2D eigenvalue weighted by Crippen LogP contribution is -2.30. The van der Waals surface area contributed by atoms with Gasteiger partial charge in [0.25, 0.3) is 0 Å². The number of hydrogen-bond donors (Lipinski definition) is 1. The summed E-state index contributed by atoms with van der Waals surface area (Å²) in [5, 5.41) is 10.5. The van der Waals surface area contributed by atoms with E-state index in [-0.39, 0.29) is 0 Å². The Kier molecular flexibility index (Phi) is 3.84. The molecule has 2 rings (SSSR count). The first-order valence-corrected chi connectivity index (χ1v) is 6.63. The number of hydrogen-bond acceptors (Lipinski definition) is 2. The van der Waals surface area contributed by atoms with Gasteiger partial charge >= 0.3 is 5.97 Å². The van der Waals surface area contributed by atoms with Crippen LogP contribution in [0.15, 0.2) is 36.5 Å². The van der Waals surface area contributed by atoms with Crippen LogP contribution in [-0.2, 0) is 11.2 Å². The zero-order valence-electron chi connectivity index (χ0n) is 11.4. The Morgan fingerprint density at radius 3 is 2.74 bits per heavy atom. The molecule has 0 bridgehead atoms. The van der Waals surface area contributed by atoms with E-state index < -0.39 is 11.4 Å². The monoisotopic (exact) mass is 257 g/mol. The van der Waals surface area contributed by atoms with Gasteiger partial charge in [0.2, 0.25) is 0 Å². The molecule has 0 radical (unpaired) electrons. The number of benzene rings is 1. The number of carbonyl (C=O) groups is 1. The minimum absolute atomic E-state index is 0.518. The number of para-hydroxylation sites is 1. The van der Waals surface area contributed by atoms with Gasteiger partial charge in [-0.25, -0.2) is 0 Å². The number of carboxylic acids is 1. The molecule has 1 atom stereocenters. The number of rotatable bonds is 5. The van der Waals surface area contributed by atoms with Crippen molar-refractivity contribution in [2.75, 3.05) is 0 Å². The van der Waals surface area contributed by atoms with Crippen molar-refractivity contribution in [3.8, 4) is 0 Å². The molecular weight excluding hydrogens is 238 g/mol. The van der Waals surface area contributed by atoms with Gasteiger partial charge in [0, 0.05) is 11.6 Å². The Hall–Kier alpha value is -1.90. The van der Waals surface area contributed by atoms with E-state index in [1.807, 2.05) is 44.2 Å². The fourth-order valence-corrected chi connectivity index (χ4v) is 2.55. The van der Waals surface area contributed by atoms with Crippen molar-refractivity contribution in [1.29, 1.82) is 0 Å². The number of carboxylic acid groups (broad SMARTS) is 1. The Morgan fingerprint density at radius 1 is 1.32 bits per heavy atom. The van der Waals surface area contributed by atoms with Crippen molar-refractivity contribution < 1.29 is 9.90 Å². The smallest absolute Gasteiger partial charge is 0.309 e. The number of nitrogens with zero attached hydrogens (tertiary/aromatic N) is 1. The van der Waals surface area contributed by atoms with Gasteiger partial charge in [-0.05, 0) is 31.4 Å². The molecule has 3 heteroatoms. The molecule has 0 aliphatic heterocycles. The van der Waals surface area contributed by atoms with Crippen LogP contribution in [0.4, 0.5) is 0 Å². The molecule has 0 amide bonds. The average Bonchev–Trinajstić information content (AvgIpc) is 2.39. The molecular formula is C16H19NO2. The molecule has 0 aliphatic rings. The Labute approximate surface area is 113 Å². The maximum atomic E-state index is 11.5. The summed E-state index contributed by atoms with van der Waals surface area (Å²) in [6.07, 6.45) is 3.81. The number of pyridine rings is 1. The molecule has 100 valence electrons. The first-order chi connectivity index (χ1) is 9.07. The fraction of sp³-hybridized carbons (Fsp3) is 0.375. The lowest BCUT2D eigenvalue weighted by Gasteiger charge is -2.24. The van der Waals surface area contributed by atoms with E-state index in [9.17, 15) is 9.90 Å². The van der Waals surface area contributed by atoms with Crippen molar-refractivity contribution >= 4 is 16.9 Å². The molecule has 0 spiro atoms. The predicted octanol–water partition coefficient (Wildman–Crippen LogP) is 3.67. The summed E-state index contributed by atoms with van der Waals surface area (Å²) in [5.41, 5.74) is 1.20. The standard InChI is InChI=1S/C16H19NO2/c1-3-9-16(2,15(18)19)11-13-7-4-6-12-8-5-10-17-14(12)13/h4-8,10H,3,9,11H2,1-2H3,(H,18,19). The zero-order valence-corrected chi connectivity index (χ0v) is 11.4. The van der Waals surface area contributed by atoms with Gasteiger partial charge in [-0.15, -0.1) is 0 Å². The maximum absolute atomic E-state index is 11.5. The second-order valence-electron chi connectivity index (χ2n) is 5.28. The third-order valence-corrected chi connectivity index (χ3v) is 3.61. The van der Waals surface area contributed by atoms with E-state index in [4.69, 9.17) is 0 Å². The summed E-state index contributed by atoms with van der Waals surface area (Å²) < 4.78 is 0. The van der Waals surface area contributed by atoms with Gasteiger partial charge in [0.1, 0.15) is 0 Å². The fourth-order valence-electron chi connectivity index (χ4n) is 2.55. The molecule has 2 aromatic rings. The topological polar surface area (TPSA) is 50.2 Å². The molecule has 19 heavy (non-hydrogen) atoms. The molecule has 1 aromatic carbocycles. The van der Waals surface area contributed by atoms with Crippen molar-refractivity contribution in [2.24, 2.45) is 5.41 Å². The number of fused-ring (bicyclic) bond motifs is 1. The van der Waals surface area contributed by atoms with Crippen LogP contribution in [0.5, 0.6) is 0 Å². The molecule has 0 aliphatic carbocycles. The van der Waals surface area contributed by atoms with Crippen LogP contribution in [-0.4, -0.2) is 16.1 Å². The summed E-state index contributed by atoms with van der Waals surface area (Å²) in [6, 6.07) is 9.85. The zero-order chi connectivity index (χ0) is 13.9. The van der Waals surface area contributed by atoms with Crippen LogP contribution < -0.4 is 0 Å². The summed E-state index contributed by atoms with van der Waals surface area (Å²) in [6.45, 7) is 3.84. The Bertz CT molecular complexity index is 589. The summed E-state index contributed by atoms with van der Waals surface area (Å²) in [7, 11) is 0. The van der Waals surface area contributed by atoms with Gasteiger partial charge in [0.05, 0.1) is 10.9 Å².